The second kappa shape index (κ2) is 11.0. The van der Waals surface area contributed by atoms with E-state index in [-0.39, 0.29) is 23.6 Å². The highest BCUT2D eigenvalue weighted by Gasteiger charge is 2.43. The van der Waals surface area contributed by atoms with E-state index in [4.69, 9.17) is 41.4 Å². The minimum atomic E-state index is -1.29. The number of hydrogen-bond donors (Lipinski definition) is 3. The average molecular weight is 608 g/mol. The van der Waals surface area contributed by atoms with Crippen molar-refractivity contribution in [2.24, 2.45) is 0 Å². The highest BCUT2D eigenvalue weighted by atomic mass is 35.5. The molecule has 3 N–H and O–H groups in total. The topological polar surface area (TPSA) is 131 Å². The molecular weight excluding hydrogens is 577 g/mol. The van der Waals surface area contributed by atoms with E-state index in [1.54, 1.807) is 25.1 Å². The zero-order chi connectivity index (χ0) is 29.7. The maximum absolute atomic E-state index is 14.8. The SMILES string of the molecule is C[C@]1(c2ccc(Cl)cc2F)Oc2cccc(C3CCN(Cc4nc5cc(C(=N)NO)nnc5n4C[C@@H]4CCO4)CC3)c2O1. The molecule has 43 heavy (non-hydrogen) atoms. The van der Waals surface area contributed by atoms with Crippen LogP contribution in [0.1, 0.15) is 54.7 Å². The molecule has 2 aromatic carbocycles. The lowest BCUT2D eigenvalue weighted by atomic mass is 9.88. The normalized spacial score (nSPS) is 22.1. The summed E-state index contributed by atoms with van der Waals surface area (Å²) in [7, 11) is 0. The van der Waals surface area contributed by atoms with Crippen molar-refractivity contribution in [3.05, 3.63) is 75.9 Å². The Labute approximate surface area is 252 Å². The number of halogens is 2. The first-order valence-electron chi connectivity index (χ1n) is 14.3. The Morgan fingerprint density at radius 3 is 2.70 bits per heavy atom. The zero-order valence-electron chi connectivity index (χ0n) is 23.5. The largest absolute Gasteiger partial charge is 0.444 e. The van der Waals surface area contributed by atoms with Gasteiger partial charge in [-0.1, -0.05) is 23.7 Å². The lowest BCUT2D eigenvalue weighted by molar-refractivity contribution is -0.0712. The molecule has 2 saturated heterocycles. The second-order valence-electron chi connectivity index (χ2n) is 11.3. The van der Waals surface area contributed by atoms with Gasteiger partial charge in [-0.2, -0.15) is 0 Å². The summed E-state index contributed by atoms with van der Waals surface area (Å²) in [5.74, 6) is 0.377. The number of piperidine rings is 1. The third-order valence-electron chi connectivity index (χ3n) is 8.54. The molecule has 5 heterocycles. The van der Waals surface area contributed by atoms with Crippen LogP contribution in [0.5, 0.6) is 11.5 Å². The molecule has 0 aliphatic carbocycles. The van der Waals surface area contributed by atoms with Crippen LogP contribution in [0.25, 0.3) is 11.2 Å². The maximum Gasteiger partial charge on any atom is 0.278 e. The smallest absolute Gasteiger partial charge is 0.278 e. The van der Waals surface area contributed by atoms with Gasteiger partial charge < -0.3 is 18.8 Å². The fourth-order valence-corrected chi connectivity index (χ4v) is 6.29. The fraction of sp³-hybridized carbons (Fsp3) is 0.400. The summed E-state index contributed by atoms with van der Waals surface area (Å²) >= 11 is 5.97. The minimum absolute atomic E-state index is 0.107. The molecule has 3 aliphatic heterocycles. The number of likely N-dealkylation sites (tertiary alicyclic amines) is 1. The summed E-state index contributed by atoms with van der Waals surface area (Å²) < 4.78 is 35.1. The van der Waals surface area contributed by atoms with Gasteiger partial charge in [0.25, 0.3) is 5.79 Å². The van der Waals surface area contributed by atoms with Crippen LogP contribution in [0, 0.1) is 11.2 Å². The Balaban J connectivity index is 1.08. The summed E-state index contributed by atoms with van der Waals surface area (Å²) in [4.78, 5) is 7.23. The van der Waals surface area contributed by atoms with Crippen molar-refractivity contribution >= 4 is 28.6 Å². The molecule has 0 saturated carbocycles. The second-order valence-corrected chi connectivity index (χ2v) is 11.8. The number of hydrogen-bond acceptors (Lipinski definition) is 9. The van der Waals surface area contributed by atoms with Crippen LogP contribution in [0.3, 0.4) is 0 Å². The molecule has 2 aromatic heterocycles. The van der Waals surface area contributed by atoms with Crippen molar-refractivity contribution in [3.8, 4) is 11.5 Å². The predicted octanol–water partition coefficient (Wildman–Crippen LogP) is 4.74. The van der Waals surface area contributed by atoms with E-state index < -0.39 is 11.6 Å². The Morgan fingerprint density at radius 2 is 1.98 bits per heavy atom. The number of nitrogens with one attached hydrogen (secondary N) is 2. The van der Waals surface area contributed by atoms with E-state index in [1.165, 1.54) is 6.07 Å². The molecule has 0 amide bonds. The van der Waals surface area contributed by atoms with E-state index in [2.05, 4.69) is 25.7 Å². The Kier molecular flexibility index (Phi) is 7.16. The van der Waals surface area contributed by atoms with Crippen LogP contribution in [-0.2, 0) is 23.6 Å². The van der Waals surface area contributed by atoms with Gasteiger partial charge in [-0.05, 0) is 68.6 Å². The number of amidine groups is 1. The number of nitrogens with zero attached hydrogens (tertiary/aromatic N) is 5. The van der Waals surface area contributed by atoms with Gasteiger partial charge in [0.1, 0.15) is 22.9 Å². The maximum atomic E-state index is 14.8. The van der Waals surface area contributed by atoms with Crippen LogP contribution >= 0.6 is 11.6 Å². The molecule has 3 aliphatic rings. The van der Waals surface area contributed by atoms with E-state index in [9.17, 15) is 4.39 Å². The molecule has 0 unspecified atom stereocenters. The summed E-state index contributed by atoms with van der Waals surface area (Å²) in [6.07, 6.45) is 2.89. The number of rotatable bonds is 7. The molecule has 13 heteroatoms. The van der Waals surface area contributed by atoms with Crippen molar-refractivity contribution in [1.82, 2.24) is 30.1 Å². The van der Waals surface area contributed by atoms with Crippen molar-refractivity contribution in [2.45, 2.75) is 57.1 Å². The van der Waals surface area contributed by atoms with Crippen LogP contribution in [0.2, 0.25) is 5.02 Å². The van der Waals surface area contributed by atoms with Gasteiger partial charge in [-0.3, -0.25) is 21.0 Å². The average Bonchev–Trinajstić information content (AvgIpc) is 3.50. The van der Waals surface area contributed by atoms with E-state index in [0.29, 0.717) is 46.3 Å². The van der Waals surface area contributed by atoms with Gasteiger partial charge in [0.05, 0.1) is 24.8 Å². The Morgan fingerprint density at radius 1 is 1.16 bits per heavy atom. The molecule has 0 spiro atoms. The molecule has 224 valence electrons. The first-order valence-corrected chi connectivity index (χ1v) is 14.7. The predicted molar refractivity (Wildman–Crippen MR) is 155 cm³/mol. The standard InChI is InChI=1S/C30H31ClFN7O4/c1-30(21-6-5-18(31)13-22(21)32)42-25-4-2-3-20(27(25)43-30)17-7-10-38(11-8-17)16-26-34-24-14-23(28(33)37-40)35-36-29(24)39(26)15-19-9-12-41-19/h2-6,13-14,17,19,40H,7-12,15-16H2,1H3,(H2,33,37)/t19-,30-/m0/s1. The third kappa shape index (κ3) is 5.18. The van der Waals surface area contributed by atoms with Crippen LogP contribution < -0.4 is 15.0 Å². The van der Waals surface area contributed by atoms with Crippen LogP contribution in [-0.4, -0.2) is 61.5 Å². The zero-order valence-corrected chi connectivity index (χ0v) is 24.3. The van der Waals surface area contributed by atoms with Crippen molar-refractivity contribution in [1.29, 1.82) is 5.41 Å². The number of ether oxygens (including phenoxy) is 3. The fourth-order valence-electron chi connectivity index (χ4n) is 6.13. The number of para-hydroxylation sites is 1. The molecule has 11 nitrogen and oxygen atoms in total. The van der Waals surface area contributed by atoms with E-state index >= 15 is 0 Å². The summed E-state index contributed by atoms with van der Waals surface area (Å²) in [6, 6.07) is 12.0. The highest BCUT2D eigenvalue weighted by molar-refractivity contribution is 6.30. The van der Waals surface area contributed by atoms with Gasteiger partial charge in [0.2, 0.25) is 0 Å². The monoisotopic (exact) mass is 607 g/mol. The van der Waals surface area contributed by atoms with Crippen molar-refractivity contribution < 1.29 is 23.8 Å². The summed E-state index contributed by atoms with van der Waals surface area (Å²) in [6.45, 7) is 5.42. The number of hydroxylamine groups is 1. The van der Waals surface area contributed by atoms with Crippen LogP contribution in [0.4, 0.5) is 4.39 Å². The van der Waals surface area contributed by atoms with E-state index in [0.717, 1.165) is 50.3 Å². The van der Waals surface area contributed by atoms with Gasteiger partial charge in [0.15, 0.2) is 23.0 Å². The first-order chi connectivity index (χ1) is 20.8. The van der Waals surface area contributed by atoms with Gasteiger partial charge >= 0.3 is 0 Å². The Hall–Kier alpha value is -3.84. The summed E-state index contributed by atoms with van der Waals surface area (Å²) in [5.41, 5.74) is 4.63. The van der Waals surface area contributed by atoms with Gasteiger partial charge in [-0.25, -0.2) is 9.37 Å². The molecule has 7 rings (SSSR count). The van der Waals surface area contributed by atoms with Crippen molar-refractivity contribution in [3.63, 3.8) is 0 Å². The molecule has 0 radical (unpaired) electrons. The number of benzene rings is 2. The van der Waals surface area contributed by atoms with Crippen molar-refractivity contribution in [2.75, 3.05) is 19.7 Å². The van der Waals surface area contributed by atoms with Gasteiger partial charge in [-0.15, -0.1) is 10.2 Å². The Bertz CT molecular complexity index is 1710. The van der Waals surface area contributed by atoms with Crippen LogP contribution in [0.15, 0.2) is 42.5 Å². The highest BCUT2D eigenvalue weighted by Crippen LogP contribution is 2.49. The minimum Gasteiger partial charge on any atom is -0.444 e. The molecule has 0 bridgehead atoms. The molecular formula is C30H31ClFN7O4. The van der Waals surface area contributed by atoms with Gasteiger partial charge in [0, 0.05) is 24.1 Å². The molecule has 2 fully saturated rings. The number of imidazole rings is 1. The molecule has 4 aromatic rings. The van der Waals surface area contributed by atoms with E-state index in [1.807, 2.05) is 17.6 Å². The lowest BCUT2D eigenvalue weighted by Crippen LogP contribution is -2.35. The quantitative estimate of drug-likeness (QED) is 0.155. The first kappa shape index (κ1) is 28.0. The summed E-state index contributed by atoms with van der Waals surface area (Å²) in [5, 5.41) is 25.7. The number of aromatic nitrogens is 4. The lowest BCUT2D eigenvalue weighted by Gasteiger charge is -2.33. The molecule has 2 atom stereocenters. The third-order valence-corrected chi connectivity index (χ3v) is 8.78. The number of fused-ring (bicyclic) bond motifs is 2.